The number of aromatic nitrogens is 1. The highest BCUT2D eigenvalue weighted by Gasteiger charge is 2.40. The van der Waals surface area contributed by atoms with Crippen molar-refractivity contribution in [2.24, 2.45) is 0 Å². The van der Waals surface area contributed by atoms with Gasteiger partial charge in [-0.15, -0.1) is 11.3 Å². The van der Waals surface area contributed by atoms with Crippen LogP contribution in [0.2, 0.25) is 0 Å². The predicted octanol–water partition coefficient (Wildman–Crippen LogP) is 3.46. The Morgan fingerprint density at radius 1 is 1.39 bits per heavy atom. The van der Waals surface area contributed by atoms with Gasteiger partial charge in [-0.3, -0.25) is 4.98 Å². The maximum Gasteiger partial charge on any atom is 0.170 e. The number of methoxy groups -OCH3 is 1. The molecule has 1 aliphatic rings. The van der Waals surface area contributed by atoms with Crippen LogP contribution in [0.15, 0.2) is 35.8 Å². The van der Waals surface area contributed by atoms with Gasteiger partial charge in [0, 0.05) is 31.3 Å². The smallest absolute Gasteiger partial charge is 0.170 e. The van der Waals surface area contributed by atoms with Crippen molar-refractivity contribution >= 4 is 28.7 Å². The number of aryl methyl sites for hydroxylation is 1. The lowest BCUT2D eigenvalue weighted by atomic mass is 10.0. The maximum absolute atomic E-state index is 5.61. The fourth-order valence-electron chi connectivity index (χ4n) is 3.00. The highest BCUT2D eigenvalue weighted by Crippen LogP contribution is 2.41. The van der Waals surface area contributed by atoms with Crippen molar-refractivity contribution in [3.05, 3.63) is 52.0 Å². The largest absolute Gasteiger partial charge is 0.385 e. The van der Waals surface area contributed by atoms with E-state index in [9.17, 15) is 0 Å². The first-order valence-electron chi connectivity index (χ1n) is 7.73. The number of nitrogens with one attached hydrogen (secondary N) is 1. The van der Waals surface area contributed by atoms with Gasteiger partial charge >= 0.3 is 0 Å². The van der Waals surface area contributed by atoms with E-state index in [4.69, 9.17) is 17.0 Å². The predicted molar refractivity (Wildman–Crippen MR) is 97.7 cm³/mol. The van der Waals surface area contributed by atoms with Crippen molar-refractivity contribution in [2.75, 3.05) is 20.3 Å². The van der Waals surface area contributed by atoms with Crippen LogP contribution in [-0.2, 0) is 4.74 Å². The summed E-state index contributed by atoms with van der Waals surface area (Å²) in [6.07, 6.45) is 2.79. The number of pyridine rings is 1. The second kappa shape index (κ2) is 7.38. The molecule has 2 aromatic rings. The molecule has 6 heteroatoms. The first-order valence-corrected chi connectivity index (χ1v) is 9.02. The molecule has 0 amide bonds. The summed E-state index contributed by atoms with van der Waals surface area (Å²) in [4.78, 5) is 8.18. The van der Waals surface area contributed by atoms with E-state index in [1.54, 1.807) is 18.4 Å². The SMILES string of the molecule is COCCCN1C(=S)N[C@H](c2ccccn2)[C@H]1c1sccc1C. The molecular formula is C17H21N3OS2. The quantitative estimate of drug-likeness (QED) is 0.640. The molecule has 0 radical (unpaired) electrons. The lowest BCUT2D eigenvalue weighted by Gasteiger charge is -2.27. The number of ether oxygens (including phenoxy) is 1. The van der Waals surface area contributed by atoms with Crippen molar-refractivity contribution < 1.29 is 4.74 Å². The van der Waals surface area contributed by atoms with Crippen LogP contribution in [0.25, 0.3) is 0 Å². The molecule has 0 spiro atoms. The van der Waals surface area contributed by atoms with Crippen molar-refractivity contribution in [1.29, 1.82) is 0 Å². The van der Waals surface area contributed by atoms with Crippen LogP contribution in [0.1, 0.15) is 34.6 Å². The Morgan fingerprint density at radius 2 is 2.26 bits per heavy atom. The minimum Gasteiger partial charge on any atom is -0.385 e. The lowest BCUT2D eigenvalue weighted by molar-refractivity contribution is 0.181. The average Bonchev–Trinajstić information content (AvgIpc) is 3.12. The molecule has 0 bridgehead atoms. The van der Waals surface area contributed by atoms with Gasteiger partial charge in [-0.2, -0.15) is 0 Å². The minimum atomic E-state index is 0.0867. The Bertz CT molecular complexity index is 659. The number of hydrogen-bond donors (Lipinski definition) is 1. The molecule has 3 rings (SSSR count). The normalized spacial score (nSPS) is 20.8. The number of nitrogens with zero attached hydrogens (tertiary/aromatic N) is 2. The fourth-order valence-corrected chi connectivity index (χ4v) is 4.40. The van der Waals surface area contributed by atoms with Crippen LogP contribution in [0.5, 0.6) is 0 Å². The molecule has 0 aliphatic carbocycles. The van der Waals surface area contributed by atoms with Crippen LogP contribution in [0.3, 0.4) is 0 Å². The number of thiophene rings is 1. The summed E-state index contributed by atoms with van der Waals surface area (Å²) in [5.41, 5.74) is 2.34. The van der Waals surface area contributed by atoms with Gasteiger partial charge in [-0.25, -0.2) is 0 Å². The molecule has 2 atom stereocenters. The zero-order valence-electron chi connectivity index (χ0n) is 13.4. The molecule has 23 heavy (non-hydrogen) atoms. The van der Waals surface area contributed by atoms with Gasteiger partial charge in [-0.1, -0.05) is 6.07 Å². The summed E-state index contributed by atoms with van der Waals surface area (Å²) < 4.78 is 5.20. The molecule has 0 aromatic carbocycles. The van der Waals surface area contributed by atoms with Crippen molar-refractivity contribution in [3.8, 4) is 0 Å². The molecule has 4 nitrogen and oxygen atoms in total. The summed E-state index contributed by atoms with van der Waals surface area (Å²) in [5, 5.41) is 6.42. The number of thiocarbonyl (C=S) groups is 1. The average molecular weight is 348 g/mol. The first kappa shape index (κ1) is 16.4. The second-order valence-corrected chi connectivity index (χ2v) is 6.97. The Hall–Kier alpha value is -1.50. The second-order valence-electron chi connectivity index (χ2n) is 5.63. The molecule has 3 heterocycles. The Morgan fingerprint density at radius 3 is 2.91 bits per heavy atom. The van der Waals surface area contributed by atoms with Crippen LogP contribution in [-0.4, -0.2) is 35.3 Å². The molecule has 1 fully saturated rings. The molecule has 1 saturated heterocycles. The van der Waals surface area contributed by atoms with Crippen LogP contribution in [0.4, 0.5) is 0 Å². The third-order valence-electron chi connectivity index (χ3n) is 4.12. The van der Waals surface area contributed by atoms with E-state index in [2.05, 4.69) is 39.6 Å². The molecule has 2 aromatic heterocycles. The van der Waals surface area contributed by atoms with Crippen molar-refractivity contribution in [1.82, 2.24) is 15.2 Å². The maximum atomic E-state index is 5.61. The monoisotopic (exact) mass is 347 g/mol. The van der Waals surface area contributed by atoms with Gasteiger partial charge in [0.05, 0.1) is 17.8 Å². The van der Waals surface area contributed by atoms with Crippen LogP contribution < -0.4 is 5.32 Å². The van der Waals surface area contributed by atoms with E-state index in [-0.39, 0.29) is 12.1 Å². The number of hydrogen-bond acceptors (Lipinski definition) is 4. The molecule has 122 valence electrons. The Balaban J connectivity index is 1.93. The molecule has 1 aliphatic heterocycles. The molecule has 0 saturated carbocycles. The van der Waals surface area contributed by atoms with E-state index < -0.39 is 0 Å². The summed E-state index contributed by atoms with van der Waals surface area (Å²) in [6.45, 7) is 3.78. The van der Waals surface area contributed by atoms with Crippen molar-refractivity contribution in [2.45, 2.75) is 25.4 Å². The third kappa shape index (κ3) is 3.39. The number of rotatable bonds is 6. The standard InChI is InChI=1S/C17H21N3OS2/c1-12-7-11-23-16(12)15-14(13-6-3-4-8-18-13)19-17(22)20(15)9-5-10-21-2/h3-4,6-8,11,14-15H,5,9-10H2,1-2H3,(H,19,22)/t14-,15+/m1/s1. The molecule has 0 unspecified atom stereocenters. The molecular weight excluding hydrogens is 326 g/mol. The summed E-state index contributed by atoms with van der Waals surface area (Å²) >= 11 is 7.40. The van der Waals surface area contributed by atoms with E-state index >= 15 is 0 Å². The van der Waals surface area contributed by atoms with Gasteiger partial charge in [0.1, 0.15) is 0 Å². The zero-order valence-corrected chi connectivity index (χ0v) is 15.0. The first-order chi connectivity index (χ1) is 11.2. The Labute approximate surface area is 146 Å². The van der Waals surface area contributed by atoms with Gasteiger partial charge in [0.25, 0.3) is 0 Å². The van der Waals surface area contributed by atoms with Gasteiger partial charge in [0.2, 0.25) is 0 Å². The lowest BCUT2D eigenvalue weighted by Crippen LogP contribution is -2.31. The van der Waals surface area contributed by atoms with Gasteiger partial charge in [-0.05, 0) is 54.7 Å². The third-order valence-corrected chi connectivity index (χ3v) is 5.56. The van der Waals surface area contributed by atoms with Gasteiger partial charge < -0.3 is 15.0 Å². The summed E-state index contributed by atoms with van der Waals surface area (Å²) in [5.74, 6) is 0. The zero-order chi connectivity index (χ0) is 16.2. The van der Waals surface area contributed by atoms with E-state index in [1.807, 2.05) is 18.3 Å². The van der Waals surface area contributed by atoms with E-state index in [1.165, 1.54) is 10.4 Å². The fraction of sp³-hybridized carbons (Fsp3) is 0.412. The van der Waals surface area contributed by atoms with Crippen LogP contribution in [0, 0.1) is 6.92 Å². The highest BCUT2D eigenvalue weighted by atomic mass is 32.1. The topological polar surface area (TPSA) is 37.4 Å². The van der Waals surface area contributed by atoms with Crippen LogP contribution >= 0.6 is 23.6 Å². The molecule has 1 N–H and O–H groups in total. The summed E-state index contributed by atoms with van der Waals surface area (Å²) in [7, 11) is 1.73. The Kier molecular flexibility index (Phi) is 5.25. The van der Waals surface area contributed by atoms with E-state index in [0.717, 1.165) is 30.4 Å². The van der Waals surface area contributed by atoms with Crippen molar-refractivity contribution in [3.63, 3.8) is 0 Å². The highest BCUT2D eigenvalue weighted by molar-refractivity contribution is 7.80. The van der Waals surface area contributed by atoms with Gasteiger partial charge in [0.15, 0.2) is 5.11 Å². The minimum absolute atomic E-state index is 0.0867. The summed E-state index contributed by atoms with van der Waals surface area (Å²) in [6, 6.07) is 8.48. The van der Waals surface area contributed by atoms with E-state index in [0.29, 0.717) is 0 Å².